The molecule has 1 saturated carbocycles. The van der Waals surface area contributed by atoms with E-state index < -0.39 is 47.9 Å². The summed E-state index contributed by atoms with van der Waals surface area (Å²) in [6.45, 7) is 3.71. The number of nitrogen functional groups attached to an aromatic ring is 1. The number of urea groups is 1. The number of aromatic nitrogens is 2. The van der Waals surface area contributed by atoms with Gasteiger partial charge in [-0.2, -0.15) is 13.2 Å². The van der Waals surface area contributed by atoms with Gasteiger partial charge in [-0.15, -0.1) is 0 Å². The molecule has 1 aliphatic heterocycles. The highest BCUT2D eigenvalue weighted by atomic mass is 19.4. The number of halogens is 3. The monoisotopic (exact) mass is 546 g/mol. The number of pyridine rings is 2. The second kappa shape index (κ2) is 11.6. The van der Waals surface area contributed by atoms with Crippen molar-refractivity contribution in [3.05, 3.63) is 47.9 Å². The molecule has 1 aliphatic carbocycles. The molecule has 3 atom stereocenters. The van der Waals surface area contributed by atoms with Crippen molar-refractivity contribution in [2.24, 2.45) is 11.8 Å². The van der Waals surface area contributed by atoms with Gasteiger partial charge in [-0.05, 0) is 68.9 Å². The van der Waals surface area contributed by atoms with Crippen LogP contribution in [0.15, 0.2) is 36.7 Å². The summed E-state index contributed by atoms with van der Waals surface area (Å²) in [6, 6.07) is 1.91. The predicted octanol–water partition coefficient (Wildman–Crippen LogP) is 4.01. The number of alkyl halides is 3. The van der Waals surface area contributed by atoms with Gasteiger partial charge >= 0.3 is 12.2 Å². The number of anilines is 2. The van der Waals surface area contributed by atoms with Crippen LogP contribution in [0.3, 0.4) is 0 Å². The average Bonchev–Trinajstić information content (AvgIpc) is 2.89. The Morgan fingerprint density at radius 2 is 1.85 bits per heavy atom. The van der Waals surface area contributed by atoms with Gasteiger partial charge in [-0.1, -0.05) is 19.3 Å². The molecule has 4 rings (SSSR count). The molecule has 0 radical (unpaired) electrons. The molecule has 0 aromatic carbocycles. The van der Waals surface area contributed by atoms with E-state index in [4.69, 9.17) is 5.73 Å². The summed E-state index contributed by atoms with van der Waals surface area (Å²) in [6.07, 6.45) is 1.18. The molecule has 3 heterocycles. The number of likely N-dealkylation sites (N-methyl/N-ethyl adjacent to an activating group) is 1. The highest BCUT2D eigenvalue weighted by molar-refractivity contribution is 6.12. The van der Waals surface area contributed by atoms with Crippen LogP contribution in [0.25, 0.3) is 0 Å². The summed E-state index contributed by atoms with van der Waals surface area (Å²) in [5, 5.41) is 2.07. The van der Waals surface area contributed by atoms with Gasteiger partial charge in [0.15, 0.2) is 0 Å². The van der Waals surface area contributed by atoms with Crippen LogP contribution in [0, 0.1) is 18.8 Å². The SMILES string of the molecule is CCN(C(=O)[C@@H]1C(Cc2ccnc(N)c2)C(=O)N1C(=O)N[C@@H](C1CCCCC1)C(F)(F)F)c1ccnc(C)c1. The first-order valence-electron chi connectivity index (χ1n) is 13.2. The molecule has 9 nitrogen and oxygen atoms in total. The standard InChI is InChI=1S/C27H33F3N6O3/c1-3-35(19-10-12-32-16(2)13-19)25(38)22-20(14-17-9-11-33-21(31)15-17)24(37)36(22)26(39)34-23(27(28,29)30)18-7-5-4-6-8-18/h9-13,15,18,20,22-23H,3-8,14H2,1-2H3,(H2,31,33)(H,34,39)/t20?,22-,23-/m0/s1. The molecular formula is C27H33F3N6O3. The average molecular weight is 547 g/mol. The topological polar surface area (TPSA) is 122 Å². The summed E-state index contributed by atoms with van der Waals surface area (Å²) in [5.41, 5.74) is 7.55. The van der Waals surface area contributed by atoms with E-state index in [1.54, 1.807) is 38.1 Å². The number of β-lactam (4-membered cyclic amide) rings is 1. The summed E-state index contributed by atoms with van der Waals surface area (Å²) < 4.78 is 42.1. The van der Waals surface area contributed by atoms with Crippen molar-refractivity contribution in [1.82, 2.24) is 20.2 Å². The maximum absolute atomic E-state index is 14.0. The Hall–Kier alpha value is -3.70. The highest BCUT2D eigenvalue weighted by Gasteiger charge is 2.57. The minimum Gasteiger partial charge on any atom is -0.384 e. The van der Waals surface area contributed by atoms with E-state index in [1.165, 1.54) is 17.3 Å². The van der Waals surface area contributed by atoms with Crippen molar-refractivity contribution in [2.75, 3.05) is 17.2 Å². The Labute approximate surface area is 225 Å². The number of nitrogens with zero attached hydrogens (tertiary/aromatic N) is 4. The van der Waals surface area contributed by atoms with E-state index in [2.05, 4.69) is 15.3 Å². The molecular weight excluding hydrogens is 513 g/mol. The van der Waals surface area contributed by atoms with E-state index in [-0.39, 0.29) is 18.8 Å². The fourth-order valence-electron chi connectivity index (χ4n) is 5.59. The molecule has 1 saturated heterocycles. The Balaban J connectivity index is 1.64. The summed E-state index contributed by atoms with van der Waals surface area (Å²) in [5.74, 6) is -2.80. The molecule has 2 aromatic rings. The first kappa shape index (κ1) is 28.3. The van der Waals surface area contributed by atoms with Gasteiger partial charge in [0.25, 0.3) is 5.91 Å². The number of carbonyl (C=O) groups excluding carboxylic acids is 3. The van der Waals surface area contributed by atoms with Crippen molar-refractivity contribution in [3.8, 4) is 0 Å². The number of aryl methyl sites for hydroxylation is 1. The number of nitrogens with one attached hydrogen (secondary N) is 1. The van der Waals surface area contributed by atoms with Gasteiger partial charge in [0.05, 0.1) is 5.92 Å². The predicted molar refractivity (Wildman–Crippen MR) is 138 cm³/mol. The zero-order chi connectivity index (χ0) is 28.3. The summed E-state index contributed by atoms with van der Waals surface area (Å²) in [4.78, 5) is 50.5. The fourth-order valence-corrected chi connectivity index (χ4v) is 5.59. The van der Waals surface area contributed by atoms with E-state index in [9.17, 15) is 27.6 Å². The smallest absolute Gasteiger partial charge is 0.384 e. The van der Waals surface area contributed by atoms with Gasteiger partial charge in [-0.3, -0.25) is 19.5 Å². The Bertz CT molecular complexity index is 1220. The van der Waals surface area contributed by atoms with Crippen molar-refractivity contribution in [3.63, 3.8) is 0 Å². The molecule has 12 heteroatoms. The minimum absolute atomic E-state index is 0.0734. The lowest BCUT2D eigenvalue weighted by atomic mass is 9.81. The number of amides is 4. The van der Waals surface area contributed by atoms with Crippen LogP contribution >= 0.6 is 0 Å². The molecule has 1 unspecified atom stereocenters. The van der Waals surface area contributed by atoms with Gasteiger partial charge in [-0.25, -0.2) is 9.78 Å². The third-order valence-electron chi connectivity index (χ3n) is 7.51. The second-order valence-corrected chi connectivity index (χ2v) is 10.2. The lowest BCUT2D eigenvalue weighted by molar-refractivity contribution is -0.170. The first-order chi connectivity index (χ1) is 18.5. The Morgan fingerprint density at radius 1 is 1.15 bits per heavy atom. The maximum Gasteiger partial charge on any atom is 0.408 e. The lowest BCUT2D eigenvalue weighted by Gasteiger charge is -2.46. The molecule has 0 spiro atoms. The maximum atomic E-state index is 14.0. The van der Waals surface area contributed by atoms with Crippen LogP contribution in [0.2, 0.25) is 0 Å². The Morgan fingerprint density at radius 3 is 2.46 bits per heavy atom. The van der Waals surface area contributed by atoms with Gasteiger partial charge in [0, 0.05) is 30.3 Å². The molecule has 2 fully saturated rings. The van der Waals surface area contributed by atoms with E-state index in [1.807, 2.05) is 0 Å². The Kier molecular flexibility index (Phi) is 8.41. The molecule has 210 valence electrons. The minimum atomic E-state index is -4.69. The van der Waals surface area contributed by atoms with Crippen molar-refractivity contribution >= 4 is 29.4 Å². The van der Waals surface area contributed by atoms with Crippen molar-refractivity contribution in [1.29, 1.82) is 0 Å². The molecule has 2 aliphatic rings. The lowest BCUT2D eigenvalue weighted by Crippen LogP contribution is -2.72. The molecule has 39 heavy (non-hydrogen) atoms. The third-order valence-corrected chi connectivity index (χ3v) is 7.51. The van der Waals surface area contributed by atoms with Crippen LogP contribution in [0.4, 0.5) is 29.5 Å². The zero-order valence-corrected chi connectivity index (χ0v) is 21.9. The van der Waals surface area contributed by atoms with Gasteiger partial charge in [0.2, 0.25) is 5.91 Å². The van der Waals surface area contributed by atoms with E-state index in [0.29, 0.717) is 47.5 Å². The molecule has 4 amide bonds. The van der Waals surface area contributed by atoms with E-state index in [0.717, 1.165) is 6.42 Å². The van der Waals surface area contributed by atoms with Crippen LogP contribution in [-0.2, 0) is 16.0 Å². The first-order valence-corrected chi connectivity index (χ1v) is 13.2. The van der Waals surface area contributed by atoms with Gasteiger partial charge < -0.3 is 16.0 Å². The van der Waals surface area contributed by atoms with Crippen LogP contribution in [-0.4, -0.2) is 57.5 Å². The number of nitrogens with two attached hydrogens (primary N) is 1. The number of rotatable bonds is 7. The third kappa shape index (κ3) is 6.15. The second-order valence-electron chi connectivity index (χ2n) is 10.2. The van der Waals surface area contributed by atoms with Crippen molar-refractivity contribution in [2.45, 2.75) is 70.6 Å². The molecule has 3 N–H and O–H groups in total. The van der Waals surface area contributed by atoms with E-state index >= 15 is 0 Å². The molecule has 2 aromatic heterocycles. The number of carbonyl (C=O) groups is 3. The number of imide groups is 1. The van der Waals surface area contributed by atoms with Gasteiger partial charge in [0.1, 0.15) is 17.9 Å². The number of hydrogen-bond acceptors (Lipinski definition) is 6. The fraction of sp³-hybridized carbons (Fsp3) is 0.519. The quantitative estimate of drug-likeness (QED) is 0.506. The summed E-state index contributed by atoms with van der Waals surface area (Å²) in [7, 11) is 0. The van der Waals surface area contributed by atoms with Crippen LogP contribution in [0.1, 0.15) is 50.3 Å². The largest absolute Gasteiger partial charge is 0.408 e. The van der Waals surface area contributed by atoms with Crippen LogP contribution < -0.4 is 16.0 Å². The molecule has 0 bridgehead atoms. The number of hydrogen-bond donors (Lipinski definition) is 2. The summed E-state index contributed by atoms with van der Waals surface area (Å²) >= 11 is 0. The zero-order valence-electron chi connectivity index (χ0n) is 21.9. The normalized spacial score (nSPS) is 20.7. The highest BCUT2D eigenvalue weighted by Crippen LogP contribution is 2.37. The van der Waals surface area contributed by atoms with Crippen molar-refractivity contribution < 1.29 is 27.6 Å². The van der Waals surface area contributed by atoms with Crippen LogP contribution in [0.5, 0.6) is 0 Å². The number of likely N-dealkylation sites (tertiary alicyclic amines) is 1.